The number of carbonyl (C=O) groups is 2. The van der Waals surface area contributed by atoms with Crippen molar-refractivity contribution in [2.45, 2.75) is 76.3 Å². The van der Waals surface area contributed by atoms with E-state index < -0.39 is 91.1 Å². The number of hydrogen-bond acceptors (Lipinski definition) is 12. The molecule has 6 rings (SSSR count). The quantitative estimate of drug-likeness (QED) is 0.0480. The Morgan fingerprint density at radius 1 is 0.692 bits per heavy atom. The Labute approximate surface area is 401 Å². The van der Waals surface area contributed by atoms with Crippen molar-refractivity contribution < 1.29 is 88.6 Å². The summed E-state index contributed by atoms with van der Waals surface area (Å²) in [5, 5.41) is 20.2. The third-order valence-corrected chi connectivity index (χ3v) is 8.94. The maximum Gasteiger partial charge on any atom is 0.521 e. The fraction of sp³-hybridized carbons (Fsp3) is 0.438. The van der Waals surface area contributed by atoms with E-state index in [4.69, 9.17) is 26.2 Å². The molecule has 366 valence electrons. The van der Waals surface area contributed by atoms with E-state index >= 15 is 0 Å². The number of benzene rings is 2. The molecule has 65 heavy (non-hydrogen) atoms. The van der Waals surface area contributed by atoms with Gasteiger partial charge < -0.3 is 40.8 Å². The summed E-state index contributed by atoms with van der Waals surface area (Å²) in [6.07, 6.45) is -10.2. The fourth-order valence-corrected chi connectivity index (χ4v) is 6.02. The standard InChI is InChI=1S/2C16H15F6N5O.I2.HI.HO4P.H2O.H2/c2*17-10-6-12(19)11(18)4-8(10)3-9(23)5-14(28)26-1-2-27-13(7-26)24-25-15(27)16(20,21)22;1-2;;1-4-5(2)3;;/h2*4,6,9H,1-3,5,7,23H2;;1H;1H;1H2;1H/t2*9-;;;;;/m11...../s1. The van der Waals surface area contributed by atoms with Gasteiger partial charge in [-0.25, -0.2) is 31.6 Å². The van der Waals surface area contributed by atoms with Crippen LogP contribution in [0.4, 0.5) is 52.7 Å². The Hall–Kier alpha value is -3.13. The molecule has 17 nitrogen and oxygen atoms in total. The zero-order valence-corrected chi connectivity index (χ0v) is 39.9. The summed E-state index contributed by atoms with van der Waals surface area (Å²) in [6, 6.07) is 0.368. The minimum absolute atomic E-state index is 0. The highest BCUT2D eigenvalue weighted by atomic mass is 128. The Bertz CT molecular complexity index is 2110. The summed E-state index contributed by atoms with van der Waals surface area (Å²) in [5.41, 5.74) is 11.3. The van der Waals surface area contributed by atoms with Crippen LogP contribution in [0.1, 0.15) is 48.7 Å². The second-order valence-corrected chi connectivity index (χ2v) is 13.8. The van der Waals surface area contributed by atoms with Crippen LogP contribution in [0, 0.1) is 34.9 Å². The summed E-state index contributed by atoms with van der Waals surface area (Å²) < 4.78 is 170. The normalized spacial score (nSPS) is 14.3. The monoisotopic (exact) mass is 1310 g/mol. The van der Waals surface area contributed by atoms with Crippen molar-refractivity contribution in [3.63, 3.8) is 0 Å². The van der Waals surface area contributed by atoms with Gasteiger partial charge in [-0.05, 0) is 40.7 Å². The SMILES string of the molecule is I.II.N[C@@H](CC(=O)N1CCn2c(nnc2C(F)(F)F)C1)Cc1cc(F)c(F)cc1F.N[C@@H](CC(=O)N1CCn2c(nnc2C(F)(F)F)C1)Cc1cc(F)c(F)cc1F.O.O=[P+]([O-])OO.[HH]. The smallest absolute Gasteiger partial charge is 0.521 e. The number of aromatic nitrogens is 6. The molecular formula is C32H36F12I3N10O7P. The highest BCUT2D eigenvalue weighted by Crippen LogP contribution is 2.31. The van der Waals surface area contributed by atoms with Gasteiger partial charge in [-0.3, -0.25) is 9.59 Å². The van der Waals surface area contributed by atoms with E-state index in [1.54, 1.807) is 0 Å². The minimum atomic E-state index is -4.64. The molecule has 0 saturated heterocycles. The fourth-order valence-electron chi connectivity index (χ4n) is 6.02. The van der Waals surface area contributed by atoms with E-state index in [9.17, 15) is 62.3 Å². The van der Waals surface area contributed by atoms with Crippen LogP contribution >= 0.6 is 69.5 Å². The van der Waals surface area contributed by atoms with Crippen molar-refractivity contribution >= 4 is 81.3 Å². The van der Waals surface area contributed by atoms with Gasteiger partial charge in [0.2, 0.25) is 23.5 Å². The molecule has 2 aliphatic heterocycles. The van der Waals surface area contributed by atoms with E-state index in [2.05, 4.69) is 62.3 Å². The van der Waals surface area contributed by atoms with Crippen molar-refractivity contribution in [2.24, 2.45) is 11.5 Å². The molecule has 0 bridgehead atoms. The third-order valence-electron chi connectivity index (χ3n) is 8.80. The van der Waals surface area contributed by atoms with E-state index in [1.807, 2.05) is 0 Å². The van der Waals surface area contributed by atoms with Crippen LogP contribution in [0.15, 0.2) is 24.3 Å². The summed E-state index contributed by atoms with van der Waals surface area (Å²) >= 11 is 4.24. The molecule has 0 fully saturated rings. The van der Waals surface area contributed by atoms with Crippen molar-refractivity contribution in [3.8, 4) is 0 Å². The van der Waals surface area contributed by atoms with Crippen LogP contribution in [0.3, 0.4) is 0 Å². The first kappa shape index (κ1) is 59.9. The lowest BCUT2D eigenvalue weighted by Crippen LogP contribution is -2.42. The second kappa shape index (κ2) is 26.4. The van der Waals surface area contributed by atoms with E-state index in [1.165, 1.54) is 9.80 Å². The number of hydrogen-bond donors (Lipinski definition) is 3. The second-order valence-electron chi connectivity index (χ2n) is 13.2. The molecule has 0 aliphatic carbocycles. The minimum Gasteiger partial charge on any atom is -0.565 e. The number of carbonyl (C=O) groups excluding carboxylic acids is 2. The first-order valence-electron chi connectivity index (χ1n) is 17.3. The predicted octanol–water partition coefficient (Wildman–Crippen LogP) is 5.34. The topological polar surface area (TPSA) is 255 Å². The van der Waals surface area contributed by atoms with Crippen LogP contribution in [0.2, 0.25) is 0 Å². The van der Waals surface area contributed by atoms with Gasteiger partial charge in [-0.2, -0.15) is 26.3 Å². The first-order valence-corrected chi connectivity index (χ1v) is 24.7. The molecule has 7 N–H and O–H groups in total. The lowest BCUT2D eigenvalue weighted by Gasteiger charge is -2.29. The molecule has 4 heterocycles. The molecule has 2 aromatic carbocycles. The number of fused-ring (bicyclic) bond motifs is 2. The zero-order chi connectivity index (χ0) is 47.6. The maximum absolute atomic E-state index is 13.7. The van der Waals surface area contributed by atoms with Gasteiger partial charge in [-0.15, -0.1) is 44.4 Å². The lowest BCUT2D eigenvalue weighted by atomic mass is 10.0. The Morgan fingerprint density at radius 2 is 1.00 bits per heavy atom. The summed E-state index contributed by atoms with van der Waals surface area (Å²) in [5.74, 6) is -10.3. The Kier molecular flexibility index (Phi) is 24.3. The summed E-state index contributed by atoms with van der Waals surface area (Å²) in [4.78, 5) is 36.2. The summed E-state index contributed by atoms with van der Waals surface area (Å²) in [7, 11) is -3.04. The first-order chi connectivity index (χ1) is 29.4. The van der Waals surface area contributed by atoms with Crippen LogP contribution in [-0.4, -0.2) is 87.0 Å². The average Bonchev–Trinajstić information content (AvgIpc) is 3.85. The number of halogens is 15. The van der Waals surface area contributed by atoms with Crippen molar-refractivity contribution in [3.05, 3.63) is 93.6 Å². The maximum atomic E-state index is 13.7. The largest absolute Gasteiger partial charge is 0.565 e. The highest BCUT2D eigenvalue weighted by molar-refractivity contribution is 15.0. The molecule has 2 amide bonds. The van der Waals surface area contributed by atoms with Crippen LogP contribution < -0.4 is 16.4 Å². The average molecular weight is 1310 g/mol. The zero-order valence-electron chi connectivity index (χ0n) is 32.4. The highest BCUT2D eigenvalue weighted by Gasteiger charge is 2.41. The molecule has 0 saturated carbocycles. The number of rotatable bonds is 9. The Balaban J connectivity index is 0.00000108. The lowest BCUT2D eigenvalue weighted by molar-refractivity contribution is -0.244. The molecule has 2 aromatic heterocycles. The van der Waals surface area contributed by atoms with Crippen LogP contribution in [0.5, 0.6) is 0 Å². The Morgan fingerprint density at radius 3 is 1.29 bits per heavy atom. The van der Waals surface area contributed by atoms with Crippen LogP contribution in [0.25, 0.3) is 0 Å². The van der Waals surface area contributed by atoms with Crippen molar-refractivity contribution in [1.82, 2.24) is 39.3 Å². The third kappa shape index (κ3) is 17.2. The van der Waals surface area contributed by atoms with Gasteiger partial charge in [0.1, 0.15) is 11.6 Å². The van der Waals surface area contributed by atoms with Gasteiger partial charge in [0.15, 0.2) is 34.9 Å². The predicted molar refractivity (Wildman–Crippen MR) is 227 cm³/mol. The molecule has 0 spiro atoms. The van der Waals surface area contributed by atoms with E-state index in [-0.39, 0.29) is 119 Å². The van der Waals surface area contributed by atoms with Gasteiger partial charge in [0.05, 0.1) is 13.1 Å². The van der Waals surface area contributed by atoms with Crippen LogP contribution in [-0.2, 0) is 70.2 Å². The van der Waals surface area contributed by atoms with Gasteiger partial charge >= 0.3 is 20.6 Å². The van der Waals surface area contributed by atoms with Gasteiger partial charge in [0.25, 0.3) is 0 Å². The molecule has 1 unspecified atom stereocenters. The molecule has 2 aliphatic rings. The number of amides is 2. The van der Waals surface area contributed by atoms with Gasteiger partial charge in [0, 0.05) is 107 Å². The van der Waals surface area contributed by atoms with E-state index in [0.29, 0.717) is 24.3 Å². The summed E-state index contributed by atoms with van der Waals surface area (Å²) in [6.45, 7) is -0.604. The number of nitrogens with two attached hydrogens (primary N) is 2. The number of alkyl halides is 6. The van der Waals surface area contributed by atoms with E-state index in [0.717, 1.165) is 9.13 Å². The van der Waals surface area contributed by atoms with Gasteiger partial charge in [-0.1, -0.05) is 0 Å². The molecule has 3 atom stereocenters. The molecule has 33 heteroatoms. The molecular weight excluding hydrogens is 1280 g/mol. The van der Waals surface area contributed by atoms with Crippen molar-refractivity contribution in [2.75, 3.05) is 13.1 Å². The number of nitrogens with zero attached hydrogens (tertiary/aromatic N) is 8. The molecule has 4 aromatic rings. The van der Waals surface area contributed by atoms with Crippen molar-refractivity contribution in [1.29, 1.82) is 0 Å². The molecule has 0 radical (unpaired) electrons.